The van der Waals surface area contributed by atoms with E-state index in [1.165, 1.54) is 6.08 Å². The summed E-state index contributed by atoms with van der Waals surface area (Å²) >= 11 is 0. The maximum atomic E-state index is 8.71. The second kappa shape index (κ2) is 7.03. The minimum absolute atomic E-state index is 0.00752. The maximum Gasteiger partial charge on any atom is 0.0771 e. The molecule has 0 saturated carbocycles. The van der Waals surface area contributed by atoms with Crippen molar-refractivity contribution in [1.29, 1.82) is 5.41 Å². The predicted octanol–water partition coefficient (Wildman–Crippen LogP) is 0.878. The molecule has 0 aromatic carbocycles. The van der Waals surface area contributed by atoms with Crippen LogP contribution in [0.15, 0.2) is 28.9 Å². The number of hydrogen-bond donors (Lipinski definition) is 3. The molecule has 0 rings (SSSR count). The molecule has 0 spiro atoms. The summed E-state index contributed by atoms with van der Waals surface area (Å²) < 4.78 is 0. The SMILES string of the molecule is C/C=C\C(N)=C/C(=N)/C(CCO)=N/C. The first-order chi connectivity index (χ1) is 6.65. The van der Waals surface area contributed by atoms with E-state index in [2.05, 4.69) is 4.99 Å². The lowest BCUT2D eigenvalue weighted by molar-refractivity contribution is 0.307. The molecule has 0 heterocycles. The van der Waals surface area contributed by atoms with E-state index in [1.54, 1.807) is 19.2 Å². The standard InChI is InChI=1S/C10H17N3O/c1-3-4-8(11)7-9(12)10(13-2)5-6-14/h3-4,7,12,14H,5-6,11H2,1-2H3/b4-3-,8-7+,12-9?,13-10+. The fourth-order valence-corrected chi connectivity index (χ4v) is 0.963. The molecule has 0 fully saturated rings. The van der Waals surface area contributed by atoms with Crippen LogP contribution in [0.25, 0.3) is 0 Å². The van der Waals surface area contributed by atoms with Crippen molar-refractivity contribution < 1.29 is 5.11 Å². The van der Waals surface area contributed by atoms with Gasteiger partial charge in [-0.05, 0) is 19.1 Å². The van der Waals surface area contributed by atoms with Gasteiger partial charge in [0.25, 0.3) is 0 Å². The van der Waals surface area contributed by atoms with E-state index in [-0.39, 0.29) is 12.3 Å². The van der Waals surface area contributed by atoms with Crippen molar-refractivity contribution in [2.75, 3.05) is 13.7 Å². The molecular formula is C10H17N3O. The molecule has 0 aliphatic carbocycles. The lowest BCUT2D eigenvalue weighted by Crippen LogP contribution is -2.14. The second-order valence-electron chi connectivity index (χ2n) is 2.70. The molecule has 78 valence electrons. The van der Waals surface area contributed by atoms with E-state index in [1.807, 2.05) is 6.92 Å². The average molecular weight is 195 g/mol. The Labute approximate surface area is 84.4 Å². The van der Waals surface area contributed by atoms with Gasteiger partial charge >= 0.3 is 0 Å². The number of nitrogens with two attached hydrogens (primary N) is 1. The third-order valence-electron chi connectivity index (χ3n) is 1.60. The normalized spacial score (nSPS) is 13.6. The van der Waals surface area contributed by atoms with Crippen molar-refractivity contribution in [3.05, 3.63) is 23.9 Å². The quantitative estimate of drug-likeness (QED) is 0.449. The van der Waals surface area contributed by atoms with Gasteiger partial charge in [0.15, 0.2) is 0 Å². The highest BCUT2D eigenvalue weighted by atomic mass is 16.3. The Balaban J connectivity index is 4.53. The van der Waals surface area contributed by atoms with Crippen LogP contribution in [0.4, 0.5) is 0 Å². The fraction of sp³-hybridized carbons (Fsp3) is 0.400. The van der Waals surface area contributed by atoms with Crippen LogP contribution < -0.4 is 5.73 Å². The number of aliphatic hydroxyl groups is 1. The largest absolute Gasteiger partial charge is 0.399 e. The smallest absolute Gasteiger partial charge is 0.0771 e. The third-order valence-corrected chi connectivity index (χ3v) is 1.60. The van der Waals surface area contributed by atoms with Crippen molar-refractivity contribution in [1.82, 2.24) is 0 Å². The second-order valence-corrected chi connectivity index (χ2v) is 2.70. The van der Waals surface area contributed by atoms with Crippen molar-refractivity contribution in [2.45, 2.75) is 13.3 Å². The van der Waals surface area contributed by atoms with Crippen LogP contribution in [-0.4, -0.2) is 30.2 Å². The summed E-state index contributed by atoms with van der Waals surface area (Å²) in [6, 6.07) is 0. The third kappa shape index (κ3) is 4.57. The van der Waals surface area contributed by atoms with E-state index in [4.69, 9.17) is 16.2 Å². The van der Waals surface area contributed by atoms with Gasteiger partial charge in [-0.25, -0.2) is 0 Å². The molecule has 4 N–H and O–H groups in total. The first-order valence-electron chi connectivity index (χ1n) is 4.41. The number of nitrogens with zero attached hydrogens (tertiary/aromatic N) is 1. The molecule has 0 aliphatic heterocycles. The Bertz CT molecular complexity index is 277. The van der Waals surface area contributed by atoms with Crippen LogP contribution in [0.2, 0.25) is 0 Å². The van der Waals surface area contributed by atoms with Crippen LogP contribution >= 0.6 is 0 Å². The lowest BCUT2D eigenvalue weighted by Gasteiger charge is -2.01. The monoisotopic (exact) mass is 195 g/mol. The lowest BCUT2D eigenvalue weighted by atomic mass is 10.1. The van der Waals surface area contributed by atoms with Gasteiger partial charge in [0.05, 0.1) is 11.4 Å². The first kappa shape index (κ1) is 12.6. The fourth-order valence-electron chi connectivity index (χ4n) is 0.963. The number of hydrogen-bond acceptors (Lipinski definition) is 4. The Morgan fingerprint density at radius 1 is 1.57 bits per heavy atom. The zero-order valence-corrected chi connectivity index (χ0v) is 8.62. The van der Waals surface area contributed by atoms with E-state index in [0.717, 1.165) is 0 Å². The Morgan fingerprint density at radius 2 is 2.21 bits per heavy atom. The molecule has 4 heteroatoms. The van der Waals surface area contributed by atoms with Gasteiger partial charge in [-0.2, -0.15) is 0 Å². The molecule has 0 saturated heterocycles. The van der Waals surface area contributed by atoms with E-state index >= 15 is 0 Å². The van der Waals surface area contributed by atoms with E-state index in [9.17, 15) is 0 Å². The maximum absolute atomic E-state index is 8.71. The molecule has 14 heavy (non-hydrogen) atoms. The van der Waals surface area contributed by atoms with Gasteiger partial charge in [-0.15, -0.1) is 0 Å². The van der Waals surface area contributed by atoms with Crippen molar-refractivity contribution in [3.63, 3.8) is 0 Å². The summed E-state index contributed by atoms with van der Waals surface area (Å²) in [7, 11) is 1.60. The summed E-state index contributed by atoms with van der Waals surface area (Å²) in [6.07, 6.45) is 5.42. The summed E-state index contributed by atoms with van der Waals surface area (Å²) in [4.78, 5) is 3.90. The topological polar surface area (TPSA) is 82.5 Å². The van der Waals surface area contributed by atoms with Gasteiger partial charge in [0.1, 0.15) is 0 Å². The van der Waals surface area contributed by atoms with E-state index < -0.39 is 0 Å². The summed E-state index contributed by atoms with van der Waals surface area (Å²) in [5, 5.41) is 16.3. The molecule has 0 aromatic rings. The van der Waals surface area contributed by atoms with Crippen LogP contribution in [-0.2, 0) is 0 Å². The summed E-state index contributed by atoms with van der Waals surface area (Å²) in [5.41, 5.74) is 6.90. The molecular weight excluding hydrogens is 178 g/mol. The first-order valence-corrected chi connectivity index (χ1v) is 4.41. The molecule has 0 amide bonds. The molecule has 0 aromatic heterocycles. The zero-order chi connectivity index (χ0) is 11.0. The van der Waals surface area contributed by atoms with Gasteiger partial charge in [-0.1, -0.05) is 6.08 Å². The van der Waals surface area contributed by atoms with Crippen LogP contribution in [0.5, 0.6) is 0 Å². The highest BCUT2D eigenvalue weighted by Crippen LogP contribution is 1.94. The molecule has 4 nitrogen and oxygen atoms in total. The minimum Gasteiger partial charge on any atom is -0.399 e. The van der Waals surface area contributed by atoms with Crippen molar-refractivity contribution >= 4 is 11.4 Å². The minimum atomic E-state index is -0.00752. The van der Waals surface area contributed by atoms with E-state index in [0.29, 0.717) is 17.8 Å². The highest BCUT2D eigenvalue weighted by Gasteiger charge is 2.02. The Hall–Kier alpha value is -1.42. The molecule has 0 atom stereocenters. The molecule has 0 aliphatic rings. The Kier molecular flexibility index (Phi) is 6.32. The van der Waals surface area contributed by atoms with Gasteiger partial charge in [-0.3, -0.25) is 10.4 Å². The van der Waals surface area contributed by atoms with Crippen LogP contribution in [0.3, 0.4) is 0 Å². The summed E-state index contributed by atoms with van der Waals surface area (Å²) in [6.45, 7) is 1.85. The predicted molar refractivity (Wildman–Crippen MR) is 59.9 cm³/mol. The molecule has 0 bridgehead atoms. The average Bonchev–Trinajstić information content (AvgIpc) is 2.14. The highest BCUT2D eigenvalue weighted by molar-refractivity contribution is 6.45. The van der Waals surface area contributed by atoms with Crippen LogP contribution in [0, 0.1) is 5.41 Å². The number of aliphatic imine (C=N–C) groups is 1. The molecule has 0 unspecified atom stereocenters. The number of rotatable bonds is 5. The summed E-state index contributed by atoms with van der Waals surface area (Å²) in [5.74, 6) is 0. The number of allylic oxidation sites excluding steroid dienone is 3. The van der Waals surface area contributed by atoms with Crippen molar-refractivity contribution in [2.24, 2.45) is 10.7 Å². The zero-order valence-electron chi connectivity index (χ0n) is 8.62. The van der Waals surface area contributed by atoms with Crippen LogP contribution in [0.1, 0.15) is 13.3 Å². The molecule has 0 radical (unpaired) electrons. The Morgan fingerprint density at radius 3 is 2.64 bits per heavy atom. The van der Waals surface area contributed by atoms with Gasteiger partial charge < -0.3 is 10.8 Å². The van der Waals surface area contributed by atoms with Gasteiger partial charge in [0.2, 0.25) is 0 Å². The number of aliphatic hydroxyl groups excluding tert-OH is 1. The van der Waals surface area contributed by atoms with Gasteiger partial charge in [0, 0.05) is 25.8 Å². The number of nitrogens with one attached hydrogen (secondary N) is 1. The van der Waals surface area contributed by atoms with Crippen molar-refractivity contribution in [3.8, 4) is 0 Å².